The number of nitrogens with zero attached hydrogens (tertiary/aromatic N) is 2. The van der Waals surface area contributed by atoms with Gasteiger partial charge in [-0.15, -0.1) is 0 Å². The van der Waals surface area contributed by atoms with Crippen molar-refractivity contribution >= 4 is 5.91 Å². The summed E-state index contributed by atoms with van der Waals surface area (Å²) in [5.41, 5.74) is 3.20. The SMILES string of the molecule is CN1CCN(C(=O)[C@H](OCc2ccccc2)[C@@H](OCc2ccccc2)[C@H](OCc2ccccc2)C2(COCc3ccccc3)OCC(C)(C)O2)CC1. The van der Waals surface area contributed by atoms with E-state index in [0.29, 0.717) is 26.3 Å². The second-order valence-corrected chi connectivity index (χ2v) is 14.3. The van der Waals surface area contributed by atoms with Gasteiger partial charge >= 0.3 is 0 Å². The number of carbonyl (C=O) groups is 1. The standard InChI is InChI=1S/C43H52N2O7/c1-42(2)32-51-43(52-42,33-47-28-34-16-8-4-9-17-34)40(50-31-37-22-14-7-15-23-37)38(48-29-35-18-10-5-11-19-35)39(49-30-36-20-12-6-13-21-36)41(46)45-26-24-44(3)25-27-45/h4-23,38-40H,24-33H2,1-3H3/t38-,39-,40+,43?/m1/s1. The van der Waals surface area contributed by atoms with Gasteiger partial charge < -0.3 is 38.2 Å². The molecule has 52 heavy (non-hydrogen) atoms. The summed E-state index contributed by atoms with van der Waals surface area (Å²) in [6.45, 7) is 7.94. The first-order chi connectivity index (χ1) is 25.3. The van der Waals surface area contributed by atoms with Crippen LogP contribution in [0.1, 0.15) is 36.1 Å². The topological polar surface area (TPSA) is 78.9 Å². The summed E-state index contributed by atoms with van der Waals surface area (Å²) in [5.74, 6) is -1.60. The van der Waals surface area contributed by atoms with Crippen molar-refractivity contribution in [2.24, 2.45) is 0 Å². The van der Waals surface area contributed by atoms with Crippen LogP contribution >= 0.6 is 0 Å². The molecule has 2 saturated heterocycles. The zero-order valence-corrected chi connectivity index (χ0v) is 30.6. The lowest BCUT2D eigenvalue weighted by Gasteiger charge is -2.43. The average molecular weight is 709 g/mol. The monoisotopic (exact) mass is 708 g/mol. The molecular weight excluding hydrogens is 656 g/mol. The molecule has 9 nitrogen and oxygen atoms in total. The van der Waals surface area contributed by atoms with Gasteiger partial charge in [-0.25, -0.2) is 0 Å². The molecule has 0 aliphatic carbocycles. The molecule has 1 unspecified atom stereocenters. The van der Waals surface area contributed by atoms with Crippen molar-refractivity contribution in [3.05, 3.63) is 144 Å². The Bertz CT molecular complexity index is 1640. The van der Waals surface area contributed by atoms with Crippen LogP contribution in [0.5, 0.6) is 0 Å². The molecule has 0 aromatic heterocycles. The highest BCUT2D eigenvalue weighted by atomic mass is 16.8. The second kappa shape index (κ2) is 18.2. The minimum absolute atomic E-state index is 0.0318. The van der Waals surface area contributed by atoms with E-state index in [1.807, 2.05) is 140 Å². The van der Waals surface area contributed by atoms with Gasteiger partial charge in [-0.2, -0.15) is 0 Å². The predicted molar refractivity (Wildman–Crippen MR) is 199 cm³/mol. The molecule has 0 bridgehead atoms. The molecular formula is C43H52N2O7. The fourth-order valence-electron chi connectivity index (χ4n) is 6.61. The highest BCUT2D eigenvalue weighted by Crippen LogP contribution is 2.39. The molecule has 1 amide bonds. The van der Waals surface area contributed by atoms with Crippen LogP contribution in [0, 0.1) is 0 Å². The van der Waals surface area contributed by atoms with Crippen LogP contribution in [0.4, 0.5) is 0 Å². The lowest BCUT2D eigenvalue weighted by atomic mass is 9.97. The van der Waals surface area contributed by atoms with Crippen molar-refractivity contribution in [1.82, 2.24) is 9.80 Å². The molecule has 2 fully saturated rings. The number of piperazine rings is 1. The molecule has 4 aromatic rings. The van der Waals surface area contributed by atoms with Crippen molar-refractivity contribution in [3.8, 4) is 0 Å². The van der Waals surface area contributed by atoms with Crippen molar-refractivity contribution in [1.29, 1.82) is 0 Å². The van der Waals surface area contributed by atoms with Crippen LogP contribution in [-0.2, 0) is 59.6 Å². The summed E-state index contributed by atoms with van der Waals surface area (Å²) in [4.78, 5) is 18.9. The molecule has 0 saturated carbocycles. The number of carbonyl (C=O) groups excluding carboxylic acids is 1. The zero-order chi connectivity index (χ0) is 36.2. The Morgan fingerprint density at radius 3 is 1.60 bits per heavy atom. The van der Waals surface area contributed by atoms with E-state index in [4.69, 9.17) is 28.4 Å². The Kier molecular flexibility index (Phi) is 13.2. The van der Waals surface area contributed by atoms with Crippen molar-refractivity contribution in [2.45, 2.75) is 70.0 Å². The molecule has 276 valence electrons. The van der Waals surface area contributed by atoms with E-state index in [9.17, 15) is 4.79 Å². The van der Waals surface area contributed by atoms with Gasteiger partial charge in [0, 0.05) is 26.2 Å². The minimum Gasteiger partial charge on any atom is -0.371 e. The number of hydrogen-bond acceptors (Lipinski definition) is 8. The van der Waals surface area contributed by atoms with Gasteiger partial charge in [-0.3, -0.25) is 4.79 Å². The van der Waals surface area contributed by atoms with Crippen LogP contribution in [0.3, 0.4) is 0 Å². The van der Waals surface area contributed by atoms with Crippen molar-refractivity contribution in [3.63, 3.8) is 0 Å². The molecule has 2 heterocycles. The Balaban J connectivity index is 1.41. The van der Waals surface area contributed by atoms with Gasteiger partial charge in [0.1, 0.15) is 18.8 Å². The summed E-state index contributed by atoms with van der Waals surface area (Å²) >= 11 is 0. The van der Waals surface area contributed by atoms with Gasteiger partial charge in [0.05, 0.1) is 38.6 Å². The normalized spacial score (nSPS) is 20.7. The zero-order valence-electron chi connectivity index (χ0n) is 30.6. The number of hydrogen-bond donors (Lipinski definition) is 0. The van der Waals surface area contributed by atoms with Gasteiger partial charge in [-0.05, 0) is 43.1 Å². The van der Waals surface area contributed by atoms with Gasteiger partial charge in [0.25, 0.3) is 5.91 Å². The minimum atomic E-state index is -1.44. The van der Waals surface area contributed by atoms with E-state index in [-0.39, 0.29) is 32.3 Å². The van der Waals surface area contributed by atoms with Crippen LogP contribution < -0.4 is 0 Å². The first-order valence-electron chi connectivity index (χ1n) is 18.2. The van der Waals surface area contributed by atoms with E-state index < -0.39 is 29.7 Å². The predicted octanol–water partition coefficient (Wildman–Crippen LogP) is 6.26. The van der Waals surface area contributed by atoms with Crippen molar-refractivity contribution < 1.29 is 33.2 Å². The number of ether oxygens (including phenoxy) is 6. The number of benzene rings is 4. The second-order valence-electron chi connectivity index (χ2n) is 14.3. The third-order valence-electron chi connectivity index (χ3n) is 9.45. The quantitative estimate of drug-likeness (QED) is 0.127. The van der Waals surface area contributed by atoms with E-state index in [0.717, 1.165) is 35.3 Å². The van der Waals surface area contributed by atoms with Gasteiger partial charge in [0.15, 0.2) is 6.10 Å². The Morgan fingerprint density at radius 1 is 0.654 bits per heavy atom. The summed E-state index contributed by atoms with van der Waals surface area (Å²) in [6, 6.07) is 39.7. The molecule has 4 aromatic carbocycles. The molecule has 6 rings (SSSR count). The van der Waals surface area contributed by atoms with Crippen molar-refractivity contribution in [2.75, 3.05) is 46.4 Å². The summed E-state index contributed by atoms with van der Waals surface area (Å²) in [7, 11) is 2.07. The summed E-state index contributed by atoms with van der Waals surface area (Å²) in [5, 5.41) is 0. The van der Waals surface area contributed by atoms with Crippen LogP contribution in [-0.4, -0.2) is 91.8 Å². The smallest absolute Gasteiger partial charge is 0.254 e. The molecule has 2 aliphatic heterocycles. The van der Waals surface area contributed by atoms with Crippen LogP contribution in [0.25, 0.3) is 0 Å². The molecule has 2 aliphatic rings. The molecule has 0 radical (unpaired) electrons. The summed E-state index contributed by atoms with van der Waals surface area (Å²) < 4.78 is 40.5. The average Bonchev–Trinajstić information content (AvgIpc) is 3.49. The fourth-order valence-corrected chi connectivity index (χ4v) is 6.61. The molecule has 0 spiro atoms. The maximum absolute atomic E-state index is 14.8. The third-order valence-corrected chi connectivity index (χ3v) is 9.45. The first-order valence-corrected chi connectivity index (χ1v) is 18.2. The summed E-state index contributed by atoms with van der Waals surface area (Å²) in [6.07, 6.45) is -2.98. The Morgan fingerprint density at radius 2 is 1.12 bits per heavy atom. The lowest BCUT2D eigenvalue weighted by molar-refractivity contribution is -0.305. The lowest BCUT2D eigenvalue weighted by Crippen LogP contribution is -2.62. The van der Waals surface area contributed by atoms with E-state index in [2.05, 4.69) is 11.9 Å². The third kappa shape index (κ3) is 10.4. The van der Waals surface area contributed by atoms with Crippen LogP contribution in [0.2, 0.25) is 0 Å². The van der Waals surface area contributed by atoms with E-state index in [1.54, 1.807) is 0 Å². The maximum Gasteiger partial charge on any atom is 0.254 e. The van der Waals surface area contributed by atoms with Crippen LogP contribution in [0.15, 0.2) is 121 Å². The Hall–Kier alpha value is -3.93. The first kappa shape index (κ1) is 37.8. The fraction of sp³-hybridized carbons (Fsp3) is 0.419. The molecule has 9 heteroatoms. The number of rotatable bonds is 17. The highest BCUT2D eigenvalue weighted by Gasteiger charge is 2.58. The highest BCUT2D eigenvalue weighted by molar-refractivity contribution is 5.82. The molecule has 0 N–H and O–H groups in total. The largest absolute Gasteiger partial charge is 0.371 e. The maximum atomic E-state index is 14.8. The van der Waals surface area contributed by atoms with Gasteiger partial charge in [-0.1, -0.05) is 121 Å². The Labute approximate surface area is 308 Å². The van der Waals surface area contributed by atoms with E-state index in [1.165, 1.54) is 0 Å². The van der Waals surface area contributed by atoms with Gasteiger partial charge in [0.2, 0.25) is 5.79 Å². The number of amides is 1. The number of likely N-dealkylation sites (N-methyl/N-ethyl adjacent to an activating group) is 1. The molecule has 4 atom stereocenters. The van der Waals surface area contributed by atoms with E-state index >= 15 is 0 Å².